The van der Waals surface area contributed by atoms with Crippen molar-refractivity contribution in [1.29, 1.82) is 0 Å². The van der Waals surface area contributed by atoms with Crippen LogP contribution in [0.5, 0.6) is 0 Å². The molecule has 7 nitrogen and oxygen atoms in total. The van der Waals surface area contributed by atoms with Gasteiger partial charge in [-0.2, -0.15) is 0 Å². The van der Waals surface area contributed by atoms with Crippen LogP contribution in [0.15, 0.2) is 23.9 Å². The molecule has 0 atom stereocenters. The summed E-state index contributed by atoms with van der Waals surface area (Å²) < 4.78 is 0. The van der Waals surface area contributed by atoms with Gasteiger partial charge in [-0.05, 0) is 38.3 Å². The average molecular weight is 370 g/mol. The Morgan fingerprint density at radius 3 is 2.73 bits per heavy atom. The number of likely N-dealkylation sites (tertiary alicyclic amines) is 1. The zero-order chi connectivity index (χ0) is 18.3. The van der Waals surface area contributed by atoms with Crippen LogP contribution in [0.3, 0.4) is 0 Å². The van der Waals surface area contributed by atoms with Crippen LogP contribution < -0.4 is 5.32 Å². The summed E-state index contributed by atoms with van der Waals surface area (Å²) in [6, 6.07) is 3.31. The van der Waals surface area contributed by atoms with E-state index >= 15 is 0 Å². The summed E-state index contributed by atoms with van der Waals surface area (Å²) in [6.07, 6.45) is 3.51. The Morgan fingerprint density at radius 2 is 2.08 bits per heavy atom. The zero-order valence-electron chi connectivity index (χ0n) is 14.3. The van der Waals surface area contributed by atoms with Crippen molar-refractivity contribution < 1.29 is 14.7 Å². The number of carbonyl (C=O) groups excluding carboxylic acids is 2. The van der Waals surface area contributed by atoms with Crippen LogP contribution in [0.25, 0.3) is 5.76 Å². The van der Waals surface area contributed by atoms with Crippen molar-refractivity contribution >= 4 is 34.0 Å². The lowest BCUT2D eigenvalue weighted by atomic mass is 9.93. The number of hydrogen-bond donors (Lipinski definition) is 2. The normalized spacial score (nSPS) is 16.1. The van der Waals surface area contributed by atoms with E-state index in [2.05, 4.69) is 15.3 Å². The van der Waals surface area contributed by atoms with Gasteiger partial charge in [0.1, 0.15) is 5.76 Å². The predicted octanol–water partition coefficient (Wildman–Crippen LogP) is 3.18. The lowest BCUT2D eigenvalue weighted by Gasteiger charge is -2.30. The van der Waals surface area contributed by atoms with Crippen LogP contribution in [0.1, 0.15) is 39.5 Å². The largest absolute Gasteiger partial charge is 0.506 e. The van der Waals surface area contributed by atoms with E-state index in [0.29, 0.717) is 39.7 Å². The van der Waals surface area contributed by atoms with Crippen LogP contribution in [0, 0.1) is 6.92 Å². The topological polar surface area (TPSA) is 95.4 Å². The fraction of sp³-hybridized carbons (Fsp3) is 0.333. The Morgan fingerprint density at radius 1 is 1.27 bits per heavy atom. The molecular weight excluding hydrogens is 352 g/mol. The van der Waals surface area contributed by atoms with Crippen molar-refractivity contribution in [3.05, 3.63) is 45.7 Å². The molecule has 0 bridgehead atoms. The lowest BCUT2D eigenvalue weighted by Crippen LogP contribution is -2.44. The Labute approximate surface area is 154 Å². The van der Waals surface area contributed by atoms with Gasteiger partial charge in [0.25, 0.3) is 0 Å². The van der Waals surface area contributed by atoms with Crippen LogP contribution in [0.2, 0.25) is 0 Å². The molecule has 1 saturated heterocycles. The summed E-state index contributed by atoms with van der Waals surface area (Å²) in [5.74, 6) is -0.265. The molecule has 0 radical (unpaired) electrons. The van der Waals surface area contributed by atoms with E-state index in [1.165, 1.54) is 17.5 Å². The molecule has 2 amide bonds. The van der Waals surface area contributed by atoms with E-state index < -0.39 is 0 Å². The molecule has 1 aliphatic carbocycles. The molecule has 4 rings (SSSR count). The fourth-order valence-corrected chi connectivity index (χ4v) is 3.92. The first-order valence-electron chi connectivity index (χ1n) is 8.48. The van der Waals surface area contributed by atoms with Crippen molar-refractivity contribution in [3.63, 3.8) is 0 Å². The molecule has 26 heavy (non-hydrogen) atoms. The highest BCUT2D eigenvalue weighted by Crippen LogP contribution is 2.37. The third-order valence-electron chi connectivity index (χ3n) is 4.61. The standard InChI is InChI=1S/C18H18N4O3S/c1-10-3-4-11(9-19-10)14(23)12-5-6-13-16(15(12)24)26-17(20-13)21-18(25)22-7-2-8-22/h3-4,9,24H,2,5-8H2,1H3,(H,20,21,25). The van der Waals surface area contributed by atoms with E-state index in [1.54, 1.807) is 17.0 Å². The molecule has 2 aliphatic rings. The second-order valence-electron chi connectivity index (χ2n) is 6.41. The zero-order valence-corrected chi connectivity index (χ0v) is 15.1. The molecule has 2 aromatic rings. The van der Waals surface area contributed by atoms with Gasteiger partial charge in [-0.25, -0.2) is 9.78 Å². The number of Topliss-reactive ketones (excluding diaryl/α,β-unsaturated/α-hetero) is 1. The minimum Gasteiger partial charge on any atom is -0.506 e. The number of rotatable bonds is 3. The van der Waals surface area contributed by atoms with Crippen molar-refractivity contribution in [1.82, 2.24) is 14.9 Å². The summed E-state index contributed by atoms with van der Waals surface area (Å²) >= 11 is 1.20. The number of urea groups is 1. The van der Waals surface area contributed by atoms with E-state index in [-0.39, 0.29) is 17.6 Å². The number of allylic oxidation sites excluding steroid dienone is 1. The number of thiazole rings is 1. The first kappa shape index (κ1) is 16.7. The Bertz CT molecular complexity index is 913. The SMILES string of the molecule is Cc1ccc(C(=O)C2=C(O)c3sc(NC(=O)N4CCC4)nc3CC2)cn1. The highest BCUT2D eigenvalue weighted by atomic mass is 32.1. The van der Waals surface area contributed by atoms with Crippen LogP contribution in [-0.2, 0) is 6.42 Å². The number of aliphatic hydroxyl groups excluding tert-OH is 1. The number of nitrogens with zero attached hydrogens (tertiary/aromatic N) is 3. The molecule has 3 heterocycles. The molecule has 0 spiro atoms. The van der Waals surface area contributed by atoms with Gasteiger partial charge in [0.05, 0.1) is 10.6 Å². The number of pyridine rings is 1. The molecule has 2 N–H and O–H groups in total. The Kier molecular flexibility index (Phi) is 4.20. The summed E-state index contributed by atoms with van der Waals surface area (Å²) in [5.41, 5.74) is 2.37. The van der Waals surface area contributed by atoms with Gasteiger partial charge < -0.3 is 10.0 Å². The molecular formula is C18H18N4O3S. The molecule has 1 fully saturated rings. The molecule has 0 aromatic carbocycles. The van der Waals surface area contributed by atoms with Gasteiger partial charge in [0, 0.05) is 36.1 Å². The summed E-state index contributed by atoms with van der Waals surface area (Å²) in [7, 11) is 0. The van der Waals surface area contributed by atoms with Gasteiger partial charge in [0.15, 0.2) is 10.9 Å². The number of hydrogen-bond acceptors (Lipinski definition) is 6. The molecule has 8 heteroatoms. The molecule has 2 aromatic heterocycles. The summed E-state index contributed by atoms with van der Waals surface area (Å²) in [5, 5.41) is 13.8. The number of amides is 2. The van der Waals surface area contributed by atoms with Gasteiger partial charge in [-0.15, -0.1) is 0 Å². The van der Waals surface area contributed by atoms with Crippen molar-refractivity contribution in [2.45, 2.75) is 26.2 Å². The lowest BCUT2D eigenvalue weighted by molar-refractivity contribution is 0.102. The van der Waals surface area contributed by atoms with Gasteiger partial charge in [-0.1, -0.05) is 11.3 Å². The second kappa shape index (κ2) is 6.53. The minimum absolute atomic E-state index is 0.0428. The van der Waals surface area contributed by atoms with Gasteiger partial charge >= 0.3 is 6.03 Å². The van der Waals surface area contributed by atoms with Crippen LogP contribution in [-0.4, -0.2) is 44.9 Å². The number of aliphatic hydroxyl groups is 1. The second-order valence-corrected chi connectivity index (χ2v) is 7.41. The predicted molar refractivity (Wildman–Crippen MR) is 98.5 cm³/mol. The van der Waals surface area contributed by atoms with Crippen LogP contribution >= 0.6 is 11.3 Å². The maximum absolute atomic E-state index is 12.7. The first-order valence-corrected chi connectivity index (χ1v) is 9.30. The number of carbonyl (C=O) groups is 2. The smallest absolute Gasteiger partial charge is 0.323 e. The molecule has 1 aliphatic heterocycles. The van der Waals surface area contributed by atoms with Crippen molar-refractivity contribution in [2.24, 2.45) is 0 Å². The molecule has 0 unspecified atom stereocenters. The van der Waals surface area contributed by atoms with Crippen molar-refractivity contribution in [2.75, 3.05) is 18.4 Å². The number of aromatic nitrogens is 2. The summed E-state index contributed by atoms with van der Waals surface area (Å²) in [6.45, 7) is 3.36. The van der Waals surface area contributed by atoms with E-state index in [4.69, 9.17) is 0 Å². The number of nitrogens with one attached hydrogen (secondary N) is 1. The Balaban J connectivity index is 1.58. The van der Waals surface area contributed by atoms with E-state index in [1.807, 2.05) is 6.92 Å². The fourth-order valence-electron chi connectivity index (χ4n) is 2.95. The molecule has 0 saturated carbocycles. The van der Waals surface area contributed by atoms with Crippen LogP contribution in [0.4, 0.5) is 9.93 Å². The average Bonchev–Trinajstić information content (AvgIpc) is 2.97. The first-order chi connectivity index (χ1) is 12.5. The van der Waals surface area contributed by atoms with E-state index in [0.717, 1.165) is 25.2 Å². The minimum atomic E-state index is -0.222. The monoisotopic (exact) mass is 370 g/mol. The number of aryl methyl sites for hydroxylation is 2. The highest BCUT2D eigenvalue weighted by molar-refractivity contribution is 7.16. The van der Waals surface area contributed by atoms with Gasteiger partial charge in [-0.3, -0.25) is 15.1 Å². The third-order valence-corrected chi connectivity index (χ3v) is 5.63. The maximum Gasteiger partial charge on any atom is 0.323 e. The highest BCUT2D eigenvalue weighted by Gasteiger charge is 2.29. The maximum atomic E-state index is 12.7. The molecule has 134 valence electrons. The van der Waals surface area contributed by atoms with Gasteiger partial charge in [0.2, 0.25) is 0 Å². The van der Waals surface area contributed by atoms with Crippen molar-refractivity contribution in [3.8, 4) is 0 Å². The van der Waals surface area contributed by atoms with E-state index in [9.17, 15) is 14.7 Å². The third kappa shape index (κ3) is 2.96. The summed E-state index contributed by atoms with van der Waals surface area (Å²) in [4.78, 5) is 35.5. The Hall–Kier alpha value is -2.74. The quantitative estimate of drug-likeness (QED) is 0.809. The number of anilines is 1. The number of ketones is 1. The number of fused-ring (bicyclic) bond motifs is 1.